The minimum Gasteiger partial charge on any atom is -0.508 e. The number of benzene rings is 2. The van der Waals surface area contributed by atoms with Crippen LogP contribution in [0.5, 0.6) is 5.75 Å². The second kappa shape index (κ2) is 8.64. The first-order valence-electron chi connectivity index (χ1n) is 10.2. The van der Waals surface area contributed by atoms with Gasteiger partial charge in [-0.1, -0.05) is 50.5 Å². The number of phenols is 1. The summed E-state index contributed by atoms with van der Waals surface area (Å²) in [6, 6.07) is 13.4. The molecular formula is C25H30O3. The Hall–Kier alpha value is -2.55. The van der Waals surface area contributed by atoms with E-state index in [9.17, 15) is 9.90 Å². The van der Waals surface area contributed by atoms with E-state index in [0.29, 0.717) is 17.9 Å². The zero-order valence-electron chi connectivity index (χ0n) is 17.1. The van der Waals surface area contributed by atoms with Crippen LogP contribution in [0, 0.1) is 0 Å². The first kappa shape index (κ1) is 20.2. The Bertz CT molecular complexity index is 856. The van der Waals surface area contributed by atoms with Crippen molar-refractivity contribution in [3.63, 3.8) is 0 Å². The normalized spacial score (nSPS) is 16.6. The zero-order valence-corrected chi connectivity index (χ0v) is 17.1. The van der Waals surface area contributed by atoms with Gasteiger partial charge >= 0.3 is 5.97 Å². The number of rotatable bonds is 5. The second-order valence-electron chi connectivity index (χ2n) is 8.02. The van der Waals surface area contributed by atoms with E-state index in [0.717, 1.165) is 35.1 Å². The lowest BCUT2D eigenvalue weighted by molar-refractivity contribution is 0.0526. The highest BCUT2D eigenvalue weighted by Crippen LogP contribution is 2.43. The number of carbonyl (C=O) groups is 1. The van der Waals surface area contributed by atoms with Gasteiger partial charge in [0.15, 0.2) is 0 Å². The fourth-order valence-corrected chi connectivity index (χ4v) is 4.13. The second-order valence-corrected chi connectivity index (χ2v) is 8.02. The molecule has 148 valence electrons. The SMILES string of the molecule is CCOC(=O)c1ccc(C=C(C)c2ccc(O)c(C3(C)CCCCC3)c2)cc1. The lowest BCUT2D eigenvalue weighted by atomic mass is 9.70. The van der Waals surface area contributed by atoms with Crippen LogP contribution in [-0.4, -0.2) is 17.7 Å². The van der Waals surface area contributed by atoms with Crippen LogP contribution in [0.15, 0.2) is 42.5 Å². The first-order chi connectivity index (χ1) is 13.4. The molecule has 0 radical (unpaired) electrons. The van der Waals surface area contributed by atoms with E-state index < -0.39 is 0 Å². The molecule has 0 aromatic heterocycles. The third kappa shape index (κ3) is 4.46. The van der Waals surface area contributed by atoms with E-state index in [-0.39, 0.29) is 11.4 Å². The summed E-state index contributed by atoms with van der Waals surface area (Å²) < 4.78 is 5.03. The number of aromatic hydroxyl groups is 1. The maximum Gasteiger partial charge on any atom is 0.338 e. The van der Waals surface area contributed by atoms with Crippen molar-refractivity contribution in [3.05, 3.63) is 64.7 Å². The average Bonchev–Trinajstić information content (AvgIpc) is 2.69. The molecule has 1 fully saturated rings. The van der Waals surface area contributed by atoms with Crippen LogP contribution < -0.4 is 0 Å². The Morgan fingerprint density at radius 2 is 1.71 bits per heavy atom. The Morgan fingerprint density at radius 3 is 2.36 bits per heavy atom. The van der Waals surface area contributed by atoms with Crippen LogP contribution in [0.3, 0.4) is 0 Å². The summed E-state index contributed by atoms with van der Waals surface area (Å²) in [7, 11) is 0. The Labute approximate surface area is 168 Å². The van der Waals surface area contributed by atoms with Gasteiger partial charge in [0, 0.05) is 5.56 Å². The minimum absolute atomic E-state index is 0.0555. The molecule has 0 aliphatic heterocycles. The van der Waals surface area contributed by atoms with Crippen molar-refractivity contribution in [3.8, 4) is 5.75 Å². The van der Waals surface area contributed by atoms with Crippen molar-refractivity contribution in [1.29, 1.82) is 0 Å². The molecule has 1 aliphatic carbocycles. The van der Waals surface area contributed by atoms with Gasteiger partial charge in [-0.3, -0.25) is 0 Å². The summed E-state index contributed by atoms with van der Waals surface area (Å²) in [5, 5.41) is 10.5. The van der Waals surface area contributed by atoms with Crippen molar-refractivity contribution < 1.29 is 14.6 Å². The van der Waals surface area contributed by atoms with E-state index in [1.165, 1.54) is 19.3 Å². The molecule has 1 N–H and O–H groups in total. The molecule has 28 heavy (non-hydrogen) atoms. The molecule has 3 heteroatoms. The quantitative estimate of drug-likeness (QED) is 0.487. The third-order valence-electron chi connectivity index (χ3n) is 5.86. The van der Waals surface area contributed by atoms with Crippen LogP contribution in [0.2, 0.25) is 0 Å². The average molecular weight is 379 g/mol. The lowest BCUT2D eigenvalue weighted by Crippen LogP contribution is -2.25. The van der Waals surface area contributed by atoms with Crippen LogP contribution in [0.1, 0.15) is 79.9 Å². The molecular weight excluding hydrogens is 348 g/mol. The third-order valence-corrected chi connectivity index (χ3v) is 5.86. The predicted octanol–water partition coefficient (Wildman–Crippen LogP) is 6.35. The first-order valence-corrected chi connectivity index (χ1v) is 10.2. The predicted molar refractivity (Wildman–Crippen MR) is 114 cm³/mol. The highest BCUT2D eigenvalue weighted by molar-refractivity contribution is 5.90. The minimum atomic E-state index is -0.293. The van der Waals surface area contributed by atoms with E-state index >= 15 is 0 Å². The summed E-state index contributed by atoms with van der Waals surface area (Å²) >= 11 is 0. The number of esters is 1. The van der Waals surface area contributed by atoms with Gasteiger partial charge in [0.1, 0.15) is 5.75 Å². The molecule has 0 atom stereocenters. The molecule has 0 unspecified atom stereocenters. The molecule has 0 bridgehead atoms. The molecule has 0 amide bonds. The summed E-state index contributed by atoms with van der Waals surface area (Å²) in [4.78, 5) is 11.8. The molecule has 1 saturated carbocycles. The van der Waals surface area contributed by atoms with Crippen molar-refractivity contribution in [2.45, 2.75) is 58.3 Å². The highest BCUT2D eigenvalue weighted by Gasteiger charge is 2.31. The molecule has 2 aromatic rings. The number of phenolic OH excluding ortho intramolecular Hbond substituents is 1. The van der Waals surface area contributed by atoms with Crippen LogP contribution in [0.25, 0.3) is 11.6 Å². The fraction of sp³-hybridized carbons (Fsp3) is 0.400. The summed E-state index contributed by atoms with van der Waals surface area (Å²) in [5.74, 6) is 0.110. The van der Waals surface area contributed by atoms with Crippen LogP contribution in [-0.2, 0) is 10.2 Å². The highest BCUT2D eigenvalue weighted by atomic mass is 16.5. The van der Waals surface area contributed by atoms with Gasteiger partial charge in [-0.25, -0.2) is 4.79 Å². The Morgan fingerprint density at radius 1 is 1.07 bits per heavy atom. The van der Waals surface area contributed by atoms with Gasteiger partial charge in [0.05, 0.1) is 12.2 Å². The summed E-state index contributed by atoms with van der Waals surface area (Å²) in [6.45, 7) is 6.54. The number of allylic oxidation sites excluding steroid dienone is 1. The fourth-order valence-electron chi connectivity index (χ4n) is 4.13. The lowest BCUT2D eigenvalue weighted by Gasteiger charge is -2.35. The van der Waals surface area contributed by atoms with E-state index in [4.69, 9.17) is 4.74 Å². The number of hydrogen-bond donors (Lipinski definition) is 1. The molecule has 0 spiro atoms. The maximum atomic E-state index is 11.8. The molecule has 0 saturated heterocycles. The summed E-state index contributed by atoms with van der Waals surface area (Å²) in [5.41, 5.74) is 4.96. The van der Waals surface area contributed by atoms with Gasteiger partial charge in [0.2, 0.25) is 0 Å². The smallest absolute Gasteiger partial charge is 0.338 e. The van der Waals surface area contributed by atoms with Crippen LogP contribution >= 0.6 is 0 Å². The van der Waals surface area contributed by atoms with Gasteiger partial charge in [-0.2, -0.15) is 0 Å². The molecule has 3 rings (SSSR count). The van der Waals surface area contributed by atoms with Gasteiger partial charge in [-0.15, -0.1) is 0 Å². The summed E-state index contributed by atoms with van der Waals surface area (Å²) in [6.07, 6.45) is 8.10. The van der Waals surface area contributed by atoms with Gasteiger partial charge < -0.3 is 9.84 Å². The molecule has 3 nitrogen and oxygen atoms in total. The Balaban J connectivity index is 1.85. The van der Waals surface area contributed by atoms with E-state index in [1.807, 2.05) is 24.3 Å². The van der Waals surface area contributed by atoms with Gasteiger partial charge in [0.25, 0.3) is 0 Å². The van der Waals surface area contributed by atoms with Crippen molar-refractivity contribution >= 4 is 17.6 Å². The largest absolute Gasteiger partial charge is 0.508 e. The van der Waals surface area contributed by atoms with E-state index in [1.54, 1.807) is 19.1 Å². The van der Waals surface area contributed by atoms with Crippen molar-refractivity contribution in [2.24, 2.45) is 0 Å². The number of ether oxygens (including phenoxy) is 1. The number of carbonyl (C=O) groups excluding carboxylic acids is 1. The molecule has 1 aliphatic rings. The van der Waals surface area contributed by atoms with Crippen LogP contribution in [0.4, 0.5) is 0 Å². The molecule has 0 heterocycles. The van der Waals surface area contributed by atoms with Crippen molar-refractivity contribution in [1.82, 2.24) is 0 Å². The molecule has 2 aromatic carbocycles. The topological polar surface area (TPSA) is 46.5 Å². The monoisotopic (exact) mass is 378 g/mol. The van der Waals surface area contributed by atoms with E-state index in [2.05, 4.69) is 26.0 Å². The maximum absolute atomic E-state index is 11.8. The number of hydrogen-bond acceptors (Lipinski definition) is 3. The zero-order chi connectivity index (χ0) is 20.1. The standard InChI is InChI=1S/C25H30O3/c1-4-28-24(27)20-10-8-19(9-11-20)16-18(2)21-12-13-23(26)22(17-21)25(3)14-6-5-7-15-25/h8-13,16-17,26H,4-7,14-15H2,1-3H3. The van der Waals surface area contributed by atoms with Gasteiger partial charge in [-0.05, 0) is 73.1 Å². The Kier molecular flexibility index (Phi) is 6.23. The van der Waals surface area contributed by atoms with Crippen molar-refractivity contribution in [2.75, 3.05) is 6.61 Å².